The molecule has 2 aliphatic heterocycles. The SMILES string of the molecule is CCCCN1C(=O)N2C(C(=O)c3ccccc3)=C(c3ccccc3)C2(C(=O)OCC)C1=O. The van der Waals surface area contributed by atoms with Gasteiger partial charge in [0.2, 0.25) is 5.78 Å². The van der Waals surface area contributed by atoms with Gasteiger partial charge in [0.15, 0.2) is 0 Å². The molecular weight excluding hydrogens is 408 g/mol. The van der Waals surface area contributed by atoms with Crippen molar-refractivity contribution in [2.45, 2.75) is 32.2 Å². The molecule has 7 nitrogen and oxygen atoms in total. The van der Waals surface area contributed by atoms with Crippen molar-refractivity contribution in [1.82, 2.24) is 9.80 Å². The van der Waals surface area contributed by atoms with E-state index in [-0.39, 0.29) is 24.4 Å². The summed E-state index contributed by atoms with van der Waals surface area (Å²) in [7, 11) is 0. The Hall–Kier alpha value is -3.74. The fourth-order valence-corrected chi connectivity index (χ4v) is 4.28. The Bertz CT molecular complexity index is 1110. The maximum Gasteiger partial charge on any atom is 0.347 e. The van der Waals surface area contributed by atoms with Crippen LogP contribution in [-0.4, -0.2) is 52.2 Å². The number of hydrogen-bond donors (Lipinski definition) is 0. The number of esters is 1. The number of hydrogen-bond acceptors (Lipinski definition) is 5. The lowest BCUT2D eigenvalue weighted by Gasteiger charge is -2.45. The highest BCUT2D eigenvalue weighted by atomic mass is 16.5. The Balaban J connectivity index is 1.95. The highest BCUT2D eigenvalue weighted by Gasteiger charge is 2.74. The second-order valence-corrected chi connectivity index (χ2v) is 7.64. The number of urea groups is 1. The molecule has 0 aliphatic carbocycles. The van der Waals surface area contributed by atoms with Crippen LogP contribution < -0.4 is 0 Å². The number of ether oxygens (including phenoxy) is 1. The zero-order chi connectivity index (χ0) is 22.9. The first-order valence-electron chi connectivity index (χ1n) is 10.7. The van der Waals surface area contributed by atoms with Crippen LogP contribution in [0.5, 0.6) is 0 Å². The molecule has 2 aliphatic rings. The van der Waals surface area contributed by atoms with E-state index in [1.165, 1.54) is 0 Å². The number of carbonyl (C=O) groups excluding carboxylic acids is 4. The zero-order valence-corrected chi connectivity index (χ0v) is 18.0. The maximum absolute atomic E-state index is 13.6. The normalized spacial score (nSPS) is 19.7. The molecule has 2 aromatic carbocycles. The highest BCUT2D eigenvalue weighted by Crippen LogP contribution is 2.53. The Kier molecular flexibility index (Phi) is 5.65. The topological polar surface area (TPSA) is 84.0 Å². The fourth-order valence-electron chi connectivity index (χ4n) is 4.28. The third-order valence-electron chi connectivity index (χ3n) is 5.75. The van der Waals surface area contributed by atoms with E-state index in [0.29, 0.717) is 17.5 Å². The van der Waals surface area contributed by atoms with Crippen molar-refractivity contribution >= 4 is 29.3 Å². The summed E-state index contributed by atoms with van der Waals surface area (Å²) >= 11 is 0. The number of rotatable bonds is 8. The average Bonchev–Trinajstić information content (AvgIpc) is 2.97. The highest BCUT2D eigenvalue weighted by molar-refractivity contribution is 6.36. The van der Waals surface area contributed by atoms with Crippen LogP contribution >= 0.6 is 0 Å². The number of amides is 3. The Morgan fingerprint density at radius 3 is 2.16 bits per heavy atom. The van der Waals surface area contributed by atoms with Gasteiger partial charge < -0.3 is 4.74 Å². The first-order valence-corrected chi connectivity index (χ1v) is 10.7. The minimum absolute atomic E-state index is 0.0350. The van der Waals surface area contributed by atoms with Crippen LogP contribution in [0.25, 0.3) is 5.57 Å². The van der Waals surface area contributed by atoms with Crippen molar-refractivity contribution in [1.29, 1.82) is 0 Å². The first-order chi connectivity index (χ1) is 15.5. The molecule has 1 unspecified atom stereocenters. The van der Waals surface area contributed by atoms with Gasteiger partial charge in [0.05, 0.1) is 6.61 Å². The summed E-state index contributed by atoms with van der Waals surface area (Å²) in [6, 6.07) is 16.6. The minimum atomic E-state index is -1.98. The van der Waals surface area contributed by atoms with Gasteiger partial charge in [0, 0.05) is 17.7 Å². The van der Waals surface area contributed by atoms with E-state index in [1.54, 1.807) is 67.6 Å². The Morgan fingerprint density at radius 1 is 0.938 bits per heavy atom. The summed E-state index contributed by atoms with van der Waals surface area (Å²) in [5.41, 5.74) is -0.854. The number of carbonyl (C=O) groups is 4. The predicted octanol–water partition coefficient (Wildman–Crippen LogP) is 3.66. The lowest BCUT2D eigenvalue weighted by Crippen LogP contribution is -2.65. The number of imide groups is 1. The molecule has 164 valence electrons. The van der Waals surface area contributed by atoms with Crippen LogP contribution in [0.3, 0.4) is 0 Å². The van der Waals surface area contributed by atoms with Gasteiger partial charge in [-0.2, -0.15) is 0 Å². The smallest absolute Gasteiger partial charge is 0.347 e. The van der Waals surface area contributed by atoms with Crippen molar-refractivity contribution in [2.75, 3.05) is 13.2 Å². The van der Waals surface area contributed by atoms with Gasteiger partial charge >= 0.3 is 12.0 Å². The largest absolute Gasteiger partial charge is 0.464 e. The third kappa shape index (κ3) is 2.96. The summed E-state index contributed by atoms with van der Waals surface area (Å²) in [4.78, 5) is 55.9. The molecule has 2 heterocycles. The van der Waals surface area contributed by atoms with Crippen molar-refractivity contribution in [2.24, 2.45) is 0 Å². The molecule has 0 radical (unpaired) electrons. The quantitative estimate of drug-likeness (QED) is 0.275. The third-order valence-corrected chi connectivity index (χ3v) is 5.75. The number of nitrogens with zero attached hydrogens (tertiary/aromatic N) is 2. The molecule has 1 fully saturated rings. The summed E-state index contributed by atoms with van der Waals surface area (Å²) in [6.07, 6.45) is 1.35. The standard InChI is InChI=1S/C25H24N2O5/c1-3-5-16-26-22(29)25(23(30)32-4-2)19(17-12-8-6-9-13-17)20(27(25)24(26)31)21(28)18-14-10-7-11-15-18/h6-15H,3-5,16H2,1-2H3. The molecule has 4 rings (SSSR count). The van der Waals surface area contributed by atoms with E-state index in [1.807, 2.05) is 6.92 Å². The van der Waals surface area contributed by atoms with Crippen LogP contribution in [0.15, 0.2) is 66.4 Å². The van der Waals surface area contributed by atoms with E-state index in [9.17, 15) is 19.2 Å². The van der Waals surface area contributed by atoms with Crippen LogP contribution in [-0.2, 0) is 14.3 Å². The lowest BCUT2D eigenvalue weighted by atomic mass is 9.73. The van der Waals surface area contributed by atoms with Gasteiger partial charge in [0.25, 0.3) is 11.4 Å². The maximum atomic E-state index is 13.6. The molecule has 32 heavy (non-hydrogen) atoms. The second kappa shape index (κ2) is 8.42. The van der Waals surface area contributed by atoms with E-state index < -0.39 is 29.2 Å². The van der Waals surface area contributed by atoms with Crippen LogP contribution in [0, 0.1) is 0 Å². The summed E-state index contributed by atoms with van der Waals surface area (Å²) < 4.78 is 5.28. The Labute approximate surface area is 186 Å². The number of fused-ring (bicyclic) bond motifs is 1. The molecular formula is C25H24N2O5. The van der Waals surface area contributed by atoms with Crippen LogP contribution in [0.1, 0.15) is 42.6 Å². The van der Waals surface area contributed by atoms with E-state index in [0.717, 1.165) is 16.2 Å². The number of allylic oxidation sites excluding steroid dienone is 1. The molecule has 0 aromatic heterocycles. The summed E-state index contributed by atoms with van der Waals surface area (Å²) in [5, 5.41) is 0. The second-order valence-electron chi connectivity index (χ2n) is 7.64. The van der Waals surface area contributed by atoms with Gasteiger partial charge in [-0.3, -0.25) is 19.4 Å². The predicted molar refractivity (Wildman–Crippen MR) is 117 cm³/mol. The number of ketones is 1. The first kappa shape index (κ1) is 21.5. The molecule has 0 N–H and O–H groups in total. The van der Waals surface area contributed by atoms with Gasteiger partial charge in [-0.05, 0) is 18.9 Å². The minimum Gasteiger partial charge on any atom is -0.464 e. The Morgan fingerprint density at radius 2 is 1.56 bits per heavy atom. The van der Waals surface area contributed by atoms with Crippen LogP contribution in [0.4, 0.5) is 4.79 Å². The molecule has 3 amide bonds. The van der Waals surface area contributed by atoms with E-state index >= 15 is 0 Å². The van der Waals surface area contributed by atoms with Crippen LogP contribution in [0.2, 0.25) is 0 Å². The molecule has 1 saturated heterocycles. The van der Waals surface area contributed by atoms with Gasteiger partial charge in [-0.1, -0.05) is 74.0 Å². The number of Topliss-reactive ketones (excluding diaryl/α,β-unsaturated/α-hetero) is 1. The van der Waals surface area contributed by atoms with Crippen molar-refractivity contribution in [3.8, 4) is 0 Å². The van der Waals surface area contributed by atoms with Crippen molar-refractivity contribution in [3.05, 3.63) is 77.5 Å². The van der Waals surface area contributed by atoms with Gasteiger partial charge in [0.1, 0.15) is 5.70 Å². The lowest BCUT2D eigenvalue weighted by molar-refractivity contribution is -0.156. The van der Waals surface area contributed by atoms with Gasteiger partial charge in [-0.15, -0.1) is 0 Å². The number of benzene rings is 2. The van der Waals surface area contributed by atoms with Crippen molar-refractivity contribution in [3.63, 3.8) is 0 Å². The van der Waals surface area contributed by atoms with Crippen molar-refractivity contribution < 1.29 is 23.9 Å². The van der Waals surface area contributed by atoms with E-state index in [2.05, 4.69) is 0 Å². The monoisotopic (exact) mass is 432 g/mol. The molecule has 0 bridgehead atoms. The molecule has 7 heteroatoms. The van der Waals surface area contributed by atoms with E-state index in [4.69, 9.17) is 4.74 Å². The number of unbranched alkanes of at least 4 members (excludes halogenated alkanes) is 1. The zero-order valence-electron chi connectivity index (χ0n) is 18.0. The fraction of sp³-hybridized carbons (Fsp3) is 0.280. The molecule has 2 aromatic rings. The average molecular weight is 432 g/mol. The summed E-state index contributed by atoms with van der Waals surface area (Å²) in [5.74, 6) is -1.94. The van der Waals surface area contributed by atoms with Gasteiger partial charge in [-0.25, -0.2) is 9.59 Å². The molecule has 1 atom stereocenters. The summed E-state index contributed by atoms with van der Waals surface area (Å²) in [6.45, 7) is 3.78. The molecule has 0 saturated carbocycles. The molecule has 0 spiro atoms.